The Kier molecular flexibility index (Phi) is 2.96. The fourth-order valence-corrected chi connectivity index (χ4v) is 2.47. The molecule has 0 radical (unpaired) electrons. The van der Waals surface area contributed by atoms with E-state index >= 15 is 0 Å². The highest BCUT2D eigenvalue weighted by molar-refractivity contribution is 5.82. The van der Waals surface area contributed by atoms with Crippen LogP contribution in [0.15, 0.2) is 24.3 Å². The number of para-hydroxylation sites is 1. The van der Waals surface area contributed by atoms with Gasteiger partial charge in [0.15, 0.2) is 6.10 Å². The van der Waals surface area contributed by atoms with Crippen LogP contribution in [0.5, 0.6) is 5.75 Å². The van der Waals surface area contributed by atoms with E-state index in [4.69, 9.17) is 10.5 Å². The van der Waals surface area contributed by atoms with Gasteiger partial charge in [-0.05, 0) is 30.4 Å². The molecule has 3 N–H and O–H groups in total. The Morgan fingerprint density at radius 3 is 2.89 bits per heavy atom. The number of carbonyl (C=O) groups is 1. The van der Waals surface area contributed by atoms with Gasteiger partial charge in [-0.25, -0.2) is 0 Å². The summed E-state index contributed by atoms with van der Waals surface area (Å²) < 4.78 is 5.66. The number of ether oxygens (including phenoxy) is 1. The van der Waals surface area contributed by atoms with Gasteiger partial charge in [0.1, 0.15) is 5.75 Å². The molecule has 3 rings (SSSR count). The molecule has 0 spiro atoms. The van der Waals surface area contributed by atoms with Crippen molar-refractivity contribution in [3.05, 3.63) is 29.8 Å². The van der Waals surface area contributed by atoms with Gasteiger partial charge in [0.25, 0.3) is 5.91 Å². The lowest BCUT2D eigenvalue weighted by Gasteiger charge is -2.18. The SMILES string of the molecule is NCC(NC(=O)C1Cc2ccccc2O1)C1CC1. The van der Waals surface area contributed by atoms with Gasteiger partial charge >= 0.3 is 0 Å². The van der Waals surface area contributed by atoms with E-state index in [1.54, 1.807) is 0 Å². The molecule has 0 saturated heterocycles. The topological polar surface area (TPSA) is 64.3 Å². The van der Waals surface area contributed by atoms with Gasteiger partial charge in [-0.15, -0.1) is 0 Å². The molecule has 1 aromatic carbocycles. The summed E-state index contributed by atoms with van der Waals surface area (Å²) in [7, 11) is 0. The minimum Gasteiger partial charge on any atom is -0.480 e. The molecule has 1 saturated carbocycles. The highest BCUT2D eigenvalue weighted by atomic mass is 16.5. The lowest BCUT2D eigenvalue weighted by Crippen LogP contribution is -2.47. The van der Waals surface area contributed by atoms with Gasteiger partial charge in [0.2, 0.25) is 0 Å². The second-order valence-corrected chi connectivity index (χ2v) is 5.11. The maximum Gasteiger partial charge on any atom is 0.261 e. The minimum atomic E-state index is -0.393. The number of benzene rings is 1. The molecule has 1 heterocycles. The van der Waals surface area contributed by atoms with Crippen LogP contribution < -0.4 is 15.8 Å². The van der Waals surface area contributed by atoms with E-state index in [0.29, 0.717) is 18.9 Å². The molecule has 1 aliphatic carbocycles. The van der Waals surface area contributed by atoms with Crippen molar-refractivity contribution in [2.75, 3.05) is 6.54 Å². The van der Waals surface area contributed by atoms with Gasteiger partial charge in [-0.3, -0.25) is 4.79 Å². The molecule has 0 bridgehead atoms. The van der Waals surface area contributed by atoms with Crippen LogP contribution in [0.4, 0.5) is 0 Å². The van der Waals surface area contributed by atoms with Crippen molar-refractivity contribution in [2.45, 2.75) is 31.4 Å². The van der Waals surface area contributed by atoms with Crippen LogP contribution in [-0.2, 0) is 11.2 Å². The first-order chi connectivity index (χ1) is 8.78. The quantitative estimate of drug-likeness (QED) is 0.827. The molecule has 96 valence electrons. The second kappa shape index (κ2) is 4.61. The van der Waals surface area contributed by atoms with Crippen LogP contribution >= 0.6 is 0 Å². The van der Waals surface area contributed by atoms with Crippen molar-refractivity contribution in [1.82, 2.24) is 5.32 Å². The van der Waals surface area contributed by atoms with Crippen LogP contribution in [0, 0.1) is 5.92 Å². The number of hydrogen-bond acceptors (Lipinski definition) is 3. The highest BCUT2D eigenvalue weighted by Crippen LogP contribution is 2.33. The van der Waals surface area contributed by atoms with E-state index in [9.17, 15) is 4.79 Å². The second-order valence-electron chi connectivity index (χ2n) is 5.11. The summed E-state index contributed by atoms with van der Waals surface area (Å²) in [6, 6.07) is 7.92. The molecule has 2 atom stereocenters. The zero-order valence-corrected chi connectivity index (χ0v) is 10.3. The summed E-state index contributed by atoms with van der Waals surface area (Å²) in [4.78, 5) is 12.1. The van der Waals surface area contributed by atoms with Gasteiger partial charge in [0.05, 0.1) is 0 Å². The Morgan fingerprint density at radius 1 is 1.44 bits per heavy atom. The zero-order valence-electron chi connectivity index (χ0n) is 10.3. The molecule has 1 aromatic rings. The predicted molar refractivity (Wildman–Crippen MR) is 68.3 cm³/mol. The number of hydrogen-bond donors (Lipinski definition) is 2. The maximum atomic E-state index is 12.1. The summed E-state index contributed by atoms with van der Waals surface area (Å²) in [5.41, 5.74) is 6.79. The average molecular weight is 246 g/mol. The molecule has 18 heavy (non-hydrogen) atoms. The van der Waals surface area contributed by atoms with E-state index < -0.39 is 6.10 Å². The molecule has 1 amide bonds. The number of amides is 1. The normalized spacial score (nSPS) is 23.1. The number of nitrogens with one attached hydrogen (secondary N) is 1. The number of fused-ring (bicyclic) bond motifs is 1. The number of nitrogens with two attached hydrogens (primary N) is 1. The molecule has 4 heteroatoms. The fourth-order valence-electron chi connectivity index (χ4n) is 2.47. The fraction of sp³-hybridized carbons (Fsp3) is 0.500. The van der Waals surface area contributed by atoms with Crippen molar-refractivity contribution >= 4 is 5.91 Å². The number of rotatable bonds is 4. The molecular weight excluding hydrogens is 228 g/mol. The maximum absolute atomic E-state index is 12.1. The van der Waals surface area contributed by atoms with E-state index in [1.165, 1.54) is 12.8 Å². The summed E-state index contributed by atoms with van der Waals surface area (Å²) in [6.07, 6.45) is 2.61. The third kappa shape index (κ3) is 2.20. The molecular formula is C14H18N2O2. The molecule has 2 unspecified atom stereocenters. The zero-order chi connectivity index (χ0) is 12.5. The van der Waals surface area contributed by atoms with Gasteiger partial charge in [-0.1, -0.05) is 18.2 Å². The van der Waals surface area contributed by atoms with Crippen LogP contribution in [0.25, 0.3) is 0 Å². The molecule has 4 nitrogen and oxygen atoms in total. The van der Waals surface area contributed by atoms with Crippen molar-refractivity contribution in [2.24, 2.45) is 11.7 Å². The Balaban J connectivity index is 1.61. The minimum absolute atomic E-state index is 0.0337. The van der Waals surface area contributed by atoms with E-state index in [1.807, 2.05) is 24.3 Å². The summed E-state index contributed by atoms with van der Waals surface area (Å²) in [6.45, 7) is 0.510. The third-order valence-electron chi connectivity index (χ3n) is 3.71. The lowest BCUT2D eigenvalue weighted by atomic mass is 10.1. The summed E-state index contributed by atoms with van der Waals surface area (Å²) >= 11 is 0. The van der Waals surface area contributed by atoms with Gasteiger partial charge < -0.3 is 15.8 Å². The van der Waals surface area contributed by atoms with Crippen molar-refractivity contribution in [3.8, 4) is 5.75 Å². The first-order valence-corrected chi connectivity index (χ1v) is 6.53. The molecule has 1 aliphatic heterocycles. The largest absolute Gasteiger partial charge is 0.480 e. The lowest BCUT2D eigenvalue weighted by molar-refractivity contribution is -0.128. The highest BCUT2D eigenvalue weighted by Gasteiger charge is 2.35. The molecule has 2 aliphatic rings. The Labute approximate surface area is 107 Å². The third-order valence-corrected chi connectivity index (χ3v) is 3.71. The molecule has 1 fully saturated rings. The van der Waals surface area contributed by atoms with E-state index in [-0.39, 0.29) is 11.9 Å². The van der Waals surface area contributed by atoms with Gasteiger partial charge in [-0.2, -0.15) is 0 Å². The van der Waals surface area contributed by atoms with E-state index in [2.05, 4.69) is 5.32 Å². The van der Waals surface area contributed by atoms with Crippen LogP contribution in [0.3, 0.4) is 0 Å². The average Bonchev–Trinajstić information content (AvgIpc) is 3.13. The molecule has 0 aromatic heterocycles. The van der Waals surface area contributed by atoms with Crippen LogP contribution in [0.2, 0.25) is 0 Å². The van der Waals surface area contributed by atoms with Crippen LogP contribution in [0.1, 0.15) is 18.4 Å². The van der Waals surface area contributed by atoms with Gasteiger partial charge in [0, 0.05) is 19.0 Å². The number of carbonyl (C=O) groups excluding carboxylic acids is 1. The Bertz CT molecular complexity index is 432. The monoisotopic (exact) mass is 246 g/mol. The van der Waals surface area contributed by atoms with Crippen molar-refractivity contribution in [3.63, 3.8) is 0 Å². The first-order valence-electron chi connectivity index (χ1n) is 6.53. The smallest absolute Gasteiger partial charge is 0.261 e. The Hall–Kier alpha value is -1.55. The van der Waals surface area contributed by atoms with E-state index in [0.717, 1.165) is 11.3 Å². The Morgan fingerprint density at radius 2 is 2.22 bits per heavy atom. The van der Waals surface area contributed by atoms with Crippen molar-refractivity contribution in [1.29, 1.82) is 0 Å². The summed E-state index contributed by atoms with van der Waals surface area (Å²) in [5.74, 6) is 1.37. The standard InChI is InChI=1S/C14H18N2O2/c15-8-11(9-5-6-9)16-14(17)13-7-10-3-1-2-4-12(10)18-13/h1-4,9,11,13H,5-8,15H2,(H,16,17). The first kappa shape index (κ1) is 11.5. The van der Waals surface area contributed by atoms with Crippen LogP contribution in [-0.4, -0.2) is 24.6 Å². The predicted octanol–water partition coefficient (Wildman–Crippen LogP) is 0.844. The summed E-state index contributed by atoms with van der Waals surface area (Å²) in [5, 5.41) is 3.02. The van der Waals surface area contributed by atoms with Crippen molar-refractivity contribution < 1.29 is 9.53 Å².